The van der Waals surface area contributed by atoms with Crippen LogP contribution >= 0.6 is 0 Å². The van der Waals surface area contributed by atoms with E-state index < -0.39 is 0 Å². The number of rotatable bonds is 4. The van der Waals surface area contributed by atoms with Crippen LogP contribution in [0, 0.1) is 0 Å². The Labute approximate surface area is 111 Å². The van der Waals surface area contributed by atoms with Crippen molar-refractivity contribution in [3.8, 4) is 0 Å². The van der Waals surface area contributed by atoms with Gasteiger partial charge in [0.15, 0.2) is 0 Å². The summed E-state index contributed by atoms with van der Waals surface area (Å²) in [4.78, 5) is 9.69. The molecule has 3 rings (SSSR count). The number of para-hydroxylation sites is 2. The molecule has 0 saturated heterocycles. The summed E-state index contributed by atoms with van der Waals surface area (Å²) < 4.78 is 2.03. The molecule has 0 aliphatic rings. The van der Waals surface area contributed by atoms with Gasteiger partial charge in [-0.2, -0.15) is 0 Å². The smallest absolute Gasteiger partial charge is 0.210 e. The minimum absolute atomic E-state index is 0.0916. The van der Waals surface area contributed by atoms with Gasteiger partial charge in [-0.1, -0.05) is 12.1 Å². The summed E-state index contributed by atoms with van der Waals surface area (Å²) in [5, 5.41) is 9.26. The number of aromatic nitrogens is 3. The van der Waals surface area contributed by atoms with Gasteiger partial charge in [0.1, 0.15) is 0 Å². The summed E-state index contributed by atoms with van der Waals surface area (Å²) in [6.07, 6.45) is 3.80. The van der Waals surface area contributed by atoms with Crippen LogP contribution in [-0.4, -0.2) is 33.3 Å². The molecule has 0 aliphatic heterocycles. The number of imidazole rings is 1. The number of nitrogens with one attached hydrogen (secondary N) is 1. The van der Waals surface area contributed by atoms with E-state index in [0.29, 0.717) is 6.54 Å². The molecule has 5 nitrogen and oxygen atoms in total. The quantitative estimate of drug-likeness (QED) is 0.751. The zero-order chi connectivity index (χ0) is 13.2. The number of H-pyrrole nitrogens is 1. The van der Waals surface area contributed by atoms with Crippen LogP contribution in [-0.2, 0) is 6.54 Å². The first-order valence-corrected chi connectivity index (χ1v) is 6.24. The van der Waals surface area contributed by atoms with Crippen LogP contribution in [0.3, 0.4) is 0 Å². The van der Waals surface area contributed by atoms with Gasteiger partial charge in [0.2, 0.25) is 5.95 Å². The second-order valence-electron chi connectivity index (χ2n) is 4.40. The molecule has 5 heteroatoms. The molecule has 3 aromatic rings. The minimum Gasteiger partial charge on any atom is -0.395 e. The molecule has 0 aliphatic carbocycles. The Morgan fingerprint density at radius 3 is 2.89 bits per heavy atom. The molecular weight excluding hydrogens is 240 g/mol. The summed E-state index contributed by atoms with van der Waals surface area (Å²) in [6, 6.07) is 9.95. The van der Waals surface area contributed by atoms with Gasteiger partial charge < -0.3 is 19.6 Å². The van der Waals surface area contributed by atoms with E-state index in [0.717, 1.165) is 22.7 Å². The minimum atomic E-state index is 0.0916. The van der Waals surface area contributed by atoms with Crippen molar-refractivity contribution in [1.29, 1.82) is 0 Å². The normalized spacial score (nSPS) is 11.1. The number of anilines is 2. The van der Waals surface area contributed by atoms with Crippen LogP contribution < -0.4 is 4.90 Å². The monoisotopic (exact) mass is 256 g/mol. The van der Waals surface area contributed by atoms with Crippen molar-refractivity contribution in [3.63, 3.8) is 0 Å². The van der Waals surface area contributed by atoms with E-state index >= 15 is 0 Å². The molecule has 0 amide bonds. The fourth-order valence-electron chi connectivity index (χ4n) is 2.28. The van der Waals surface area contributed by atoms with E-state index in [-0.39, 0.29) is 6.61 Å². The number of aromatic amines is 1. The molecular formula is C14H16N4O. The molecule has 19 heavy (non-hydrogen) atoms. The molecule has 0 atom stereocenters. The van der Waals surface area contributed by atoms with Crippen LogP contribution in [0.1, 0.15) is 0 Å². The highest BCUT2D eigenvalue weighted by Crippen LogP contribution is 2.26. The number of nitrogens with zero attached hydrogens (tertiary/aromatic N) is 3. The Kier molecular flexibility index (Phi) is 2.97. The Morgan fingerprint density at radius 1 is 1.32 bits per heavy atom. The molecule has 98 valence electrons. The van der Waals surface area contributed by atoms with Gasteiger partial charge in [0, 0.05) is 26.0 Å². The van der Waals surface area contributed by atoms with Gasteiger partial charge in [0.05, 0.1) is 23.3 Å². The molecule has 0 saturated carbocycles. The van der Waals surface area contributed by atoms with Crippen molar-refractivity contribution >= 4 is 22.7 Å². The molecule has 2 heterocycles. The van der Waals surface area contributed by atoms with Crippen molar-refractivity contribution in [2.24, 2.45) is 0 Å². The lowest BCUT2D eigenvalue weighted by Crippen LogP contribution is -2.16. The number of hydrogen-bond acceptors (Lipinski definition) is 3. The first-order valence-electron chi connectivity index (χ1n) is 6.24. The molecule has 0 spiro atoms. The highest BCUT2D eigenvalue weighted by atomic mass is 16.3. The maximum absolute atomic E-state index is 9.26. The van der Waals surface area contributed by atoms with E-state index in [1.54, 1.807) is 0 Å². The molecule has 2 N–H and O–H groups in total. The van der Waals surface area contributed by atoms with E-state index in [1.807, 2.05) is 59.2 Å². The van der Waals surface area contributed by atoms with E-state index in [1.165, 1.54) is 0 Å². The Morgan fingerprint density at radius 2 is 2.16 bits per heavy atom. The fourth-order valence-corrected chi connectivity index (χ4v) is 2.28. The third kappa shape index (κ3) is 1.98. The predicted molar refractivity (Wildman–Crippen MR) is 75.7 cm³/mol. The lowest BCUT2D eigenvalue weighted by Gasteiger charge is -2.18. The van der Waals surface area contributed by atoms with Crippen LogP contribution in [0.25, 0.3) is 11.0 Å². The molecule has 0 radical (unpaired) electrons. The highest BCUT2D eigenvalue weighted by Gasteiger charge is 2.15. The van der Waals surface area contributed by atoms with Crippen molar-refractivity contribution in [2.45, 2.75) is 6.54 Å². The lowest BCUT2D eigenvalue weighted by molar-refractivity contribution is 0.278. The maximum Gasteiger partial charge on any atom is 0.210 e. The molecule has 2 aromatic heterocycles. The SMILES string of the molecule is CN(c1cc[nH]c1)c1nc2ccccc2n1CCO. The third-order valence-corrected chi connectivity index (χ3v) is 3.23. The zero-order valence-electron chi connectivity index (χ0n) is 10.7. The lowest BCUT2D eigenvalue weighted by atomic mass is 10.3. The van der Waals surface area contributed by atoms with Crippen molar-refractivity contribution in [3.05, 3.63) is 42.7 Å². The molecule has 1 aromatic carbocycles. The van der Waals surface area contributed by atoms with Crippen LogP contribution in [0.5, 0.6) is 0 Å². The Bertz CT molecular complexity index is 672. The third-order valence-electron chi connectivity index (χ3n) is 3.23. The van der Waals surface area contributed by atoms with Crippen LogP contribution in [0.15, 0.2) is 42.7 Å². The highest BCUT2D eigenvalue weighted by molar-refractivity contribution is 5.80. The fraction of sp³-hybridized carbons (Fsp3) is 0.214. The first-order chi connectivity index (χ1) is 9.31. The van der Waals surface area contributed by atoms with E-state index in [4.69, 9.17) is 0 Å². The number of aliphatic hydroxyl groups excluding tert-OH is 1. The second kappa shape index (κ2) is 4.78. The van der Waals surface area contributed by atoms with Gasteiger partial charge in [-0.3, -0.25) is 0 Å². The largest absolute Gasteiger partial charge is 0.395 e. The van der Waals surface area contributed by atoms with Gasteiger partial charge in [-0.25, -0.2) is 4.98 Å². The topological polar surface area (TPSA) is 57.1 Å². The molecule has 0 unspecified atom stereocenters. The number of fused-ring (bicyclic) bond motifs is 1. The Hall–Kier alpha value is -2.27. The second-order valence-corrected chi connectivity index (χ2v) is 4.40. The standard InChI is InChI=1S/C14H16N4O/c1-17(11-6-7-15-10-11)14-16-12-4-2-3-5-13(12)18(14)8-9-19/h2-7,10,15,19H,8-9H2,1H3. The van der Waals surface area contributed by atoms with Gasteiger partial charge in [0.25, 0.3) is 0 Å². The van der Waals surface area contributed by atoms with Crippen molar-refractivity contribution in [2.75, 3.05) is 18.6 Å². The Balaban J connectivity index is 2.14. The zero-order valence-corrected chi connectivity index (χ0v) is 10.7. The summed E-state index contributed by atoms with van der Waals surface area (Å²) in [6.45, 7) is 0.624. The number of hydrogen-bond donors (Lipinski definition) is 2. The summed E-state index contributed by atoms with van der Waals surface area (Å²) in [5.41, 5.74) is 3.01. The summed E-state index contributed by atoms with van der Waals surface area (Å²) in [7, 11) is 1.97. The van der Waals surface area contributed by atoms with Gasteiger partial charge in [-0.05, 0) is 18.2 Å². The number of benzene rings is 1. The van der Waals surface area contributed by atoms with Crippen LogP contribution in [0.2, 0.25) is 0 Å². The van der Waals surface area contributed by atoms with Crippen molar-refractivity contribution < 1.29 is 5.11 Å². The maximum atomic E-state index is 9.26. The van der Waals surface area contributed by atoms with Gasteiger partial charge in [-0.15, -0.1) is 0 Å². The van der Waals surface area contributed by atoms with Crippen LogP contribution in [0.4, 0.5) is 11.6 Å². The van der Waals surface area contributed by atoms with E-state index in [2.05, 4.69) is 9.97 Å². The van der Waals surface area contributed by atoms with Crippen molar-refractivity contribution in [1.82, 2.24) is 14.5 Å². The van der Waals surface area contributed by atoms with E-state index in [9.17, 15) is 5.11 Å². The average molecular weight is 256 g/mol. The molecule has 0 bridgehead atoms. The number of aliphatic hydroxyl groups is 1. The predicted octanol–water partition coefficient (Wildman–Crippen LogP) is 2.12. The first kappa shape index (κ1) is 11.8. The summed E-state index contributed by atoms with van der Waals surface area (Å²) in [5.74, 6) is 0.829. The average Bonchev–Trinajstić information content (AvgIpc) is 3.06. The molecule has 0 fully saturated rings. The summed E-state index contributed by atoms with van der Waals surface area (Å²) >= 11 is 0. The van der Waals surface area contributed by atoms with Gasteiger partial charge >= 0.3 is 0 Å².